The van der Waals surface area contributed by atoms with Crippen LogP contribution < -0.4 is 0 Å². The smallest absolute Gasteiger partial charge is 0.223 e. The summed E-state index contributed by atoms with van der Waals surface area (Å²) in [6, 6.07) is 0. The first-order valence-corrected chi connectivity index (χ1v) is 9.32. The lowest BCUT2D eigenvalue weighted by Crippen LogP contribution is -2.48. The molecule has 0 atom stereocenters. The molecule has 4 saturated carbocycles. The summed E-state index contributed by atoms with van der Waals surface area (Å²) < 4.78 is 5.42. The third-order valence-electron chi connectivity index (χ3n) is 7.08. The van der Waals surface area contributed by atoms with E-state index in [0.717, 1.165) is 48.6 Å². The van der Waals surface area contributed by atoms with Gasteiger partial charge < -0.3 is 9.42 Å². The molecular weight excluding hydrogens is 288 g/mol. The first-order valence-electron chi connectivity index (χ1n) is 9.32. The first-order chi connectivity index (χ1) is 11.1. The number of fused-ring (bicyclic) bond motifs is 1. The molecule has 0 N–H and O–H groups in total. The van der Waals surface area contributed by atoms with Gasteiger partial charge in [0.05, 0.1) is 12.2 Å². The Morgan fingerprint density at radius 3 is 2.52 bits per heavy atom. The third kappa shape index (κ3) is 2.25. The van der Waals surface area contributed by atoms with Crippen molar-refractivity contribution in [2.45, 2.75) is 64.8 Å². The van der Waals surface area contributed by atoms with Crippen molar-refractivity contribution in [3.8, 4) is 0 Å². The van der Waals surface area contributed by atoms with E-state index in [0.29, 0.717) is 17.9 Å². The highest BCUT2D eigenvalue weighted by Gasteiger charge is 2.51. The maximum Gasteiger partial charge on any atom is 0.223 e. The van der Waals surface area contributed by atoms with Gasteiger partial charge in [0.25, 0.3) is 0 Å². The molecule has 0 radical (unpaired) electrons. The number of nitrogens with zero attached hydrogens (tertiary/aromatic N) is 2. The average molecular weight is 314 g/mol. The van der Waals surface area contributed by atoms with E-state index in [1.807, 2.05) is 11.8 Å². The van der Waals surface area contributed by atoms with Crippen LogP contribution in [-0.4, -0.2) is 22.5 Å². The number of aryl methyl sites for hydroxylation is 1. The molecule has 23 heavy (non-hydrogen) atoms. The van der Waals surface area contributed by atoms with Gasteiger partial charge in [0.1, 0.15) is 0 Å². The molecule has 5 aliphatic rings. The summed E-state index contributed by atoms with van der Waals surface area (Å²) in [4.78, 5) is 15.0. The lowest BCUT2D eigenvalue weighted by Gasteiger charge is -2.57. The van der Waals surface area contributed by atoms with Crippen LogP contribution in [0.1, 0.15) is 62.0 Å². The van der Waals surface area contributed by atoms with Gasteiger partial charge in [-0.3, -0.25) is 4.79 Å². The van der Waals surface area contributed by atoms with Crippen LogP contribution in [0.25, 0.3) is 0 Å². The molecule has 0 saturated heterocycles. The molecule has 4 nitrogen and oxygen atoms in total. The fraction of sp³-hybridized carbons (Fsp3) is 0.789. The van der Waals surface area contributed by atoms with Gasteiger partial charge in [-0.2, -0.15) is 0 Å². The minimum Gasteiger partial charge on any atom is -0.359 e. The van der Waals surface area contributed by atoms with Crippen LogP contribution in [-0.2, 0) is 17.8 Å². The van der Waals surface area contributed by atoms with Crippen molar-refractivity contribution in [1.82, 2.24) is 10.1 Å². The Hall–Kier alpha value is -1.32. The molecule has 2 heterocycles. The zero-order chi connectivity index (χ0) is 15.6. The second kappa shape index (κ2) is 4.84. The molecular formula is C19H26N2O2. The van der Waals surface area contributed by atoms with E-state index in [2.05, 4.69) is 5.16 Å². The molecule has 6 rings (SSSR count). The summed E-state index contributed by atoms with van der Waals surface area (Å²) >= 11 is 0. The van der Waals surface area contributed by atoms with Crippen LogP contribution in [0.3, 0.4) is 0 Å². The fourth-order valence-corrected chi connectivity index (χ4v) is 6.53. The number of aromatic nitrogens is 1. The average Bonchev–Trinajstić information content (AvgIpc) is 2.86. The highest BCUT2D eigenvalue weighted by Crippen LogP contribution is 2.61. The Morgan fingerprint density at radius 1 is 1.22 bits per heavy atom. The summed E-state index contributed by atoms with van der Waals surface area (Å²) in [6.07, 6.45) is 9.94. The molecule has 0 unspecified atom stereocenters. The molecule has 1 aliphatic heterocycles. The molecule has 4 heteroatoms. The number of carbonyl (C=O) groups excluding carboxylic acids is 1. The van der Waals surface area contributed by atoms with Crippen molar-refractivity contribution in [2.24, 2.45) is 23.2 Å². The van der Waals surface area contributed by atoms with E-state index in [1.54, 1.807) is 0 Å². The summed E-state index contributed by atoms with van der Waals surface area (Å²) in [5, 5.41) is 4.06. The first kappa shape index (κ1) is 14.1. The van der Waals surface area contributed by atoms with Crippen LogP contribution in [0.15, 0.2) is 4.52 Å². The molecule has 124 valence electrons. The van der Waals surface area contributed by atoms with Crippen molar-refractivity contribution < 1.29 is 9.32 Å². The highest BCUT2D eigenvalue weighted by atomic mass is 16.5. The molecule has 1 aromatic rings. The van der Waals surface area contributed by atoms with Crippen LogP contribution in [0.4, 0.5) is 0 Å². The van der Waals surface area contributed by atoms with Gasteiger partial charge in [-0.25, -0.2) is 0 Å². The van der Waals surface area contributed by atoms with E-state index in [4.69, 9.17) is 4.52 Å². The number of amides is 1. The van der Waals surface area contributed by atoms with Crippen LogP contribution >= 0.6 is 0 Å². The molecule has 0 aromatic carbocycles. The Labute approximate surface area is 137 Å². The predicted octanol–water partition coefficient (Wildman–Crippen LogP) is 3.47. The molecule has 4 aliphatic carbocycles. The number of hydrogen-bond donors (Lipinski definition) is 0. The monoisotopic (exact) mass is 314 g/mol. The van der Waals surface area contributed by atoms with Crippen molar-refractivity contribution in [3.63, 3.8) is 0 Å². The van der Waals surface area contributed by atoms with Gasteiger partial charge in [0.2, 0.25) is 5.91 Å². The van der Waals surface area contributed by atoms with Gasteiger partial charge in [-0.05, 0) is 75.0 Å². The van der Waals surface area contributed by atoms with E-state index < -0.39 is 0 Å². The Morgan fingerprint density at radius 2 is 1.87 bits per heavy atom. The quantitative estimate of drug-likeness (QED) is 0.839. The Kier molecular flexibility index (Phi) is 2.96. The standard InChI is InChI=1S/C19H26N2O2/c1-12-16-2-3-21(11-17(16)23-20-12)18(22)10-19-7-13-4-14(8-19)6-15(5-13)9-19/h13-15H,2-11H2,1H3. The van der Waals surface area contributed by atoms with E-state index >= 15 is 0 Å². The van der Waals surface area contributed by atoms with Crippen molar-refractivity contribution >= 4 is 5.91 Å². The molecule has 1 aromatic heterocycles. The van der Waals surface area contributed by atoms with Gasteiger partial charge in [0.15, 0.2) is 5.76 Å². The van der Waals surface area contributed by atoms with E-state index in [9.17, 15) is 4.79 Å². The minimum atomic E-state index is 0.337. The second-order valence-electron chi connectivity index (χ2n) is 8.83. The van der Waals surface area contributed by atoms with Crippen LogP contribution in [0.2, 0.25) is 0 Å². The second-order valence-corrected chi connectivity index (χ2v) is 8.83. The fourth-order valence-electron chi connectivity index (χ4n) is 6.53. The van der Waals surface area contributed by atoms with E-state index in [-0.39, 0.29) is 0 Å². The Bertz CT molecular complexity index is 613. The largest absolute Gasteiger partial charge is 0.359 e. The number of carbonyl (C=O) groups is 1. The van der Waals surface area contributed by atoms with Gasteiger partial charge in [0, 0.05) is 18.5 Å². The molecule has 4 fully saturated rings. The maximum atomic E-state index is 13.0. The lowest BCUT2D eigenvalue weighted by atomic mass is 9.49. The molecule has 1 amide bonds. The predicted molar refractivity (Wildman–Crippen MR) is 85.6 cm³/mol. The normalized spacial score (nSPS) is 38.0. The van der Waals surface area contributed by atoms with Gasteiger partial charge in [-0.15, -0.1) is 0 Å². The summed E-state index contributed by atoms with van der Waals surface area (Å²) in [5.74, 6) is 4.01. The summed E-state index contributed by atoms with van der Waals surface area (Å²) in [6.45, 7) is 3.46. The summed E-state index contributed by atoms with van der Waals surface area (Å²) in [5.41, 5.74) is 2.56. The topological polar surface area (TPSA) is 46.3 Å². The maximum absolute atomic E-state index is 13.0. The van der Waals surface area contributed by atoms with Gasteiger partial charge >= 0.3 is 0 Å². The number of hydrogen-bond acceptors (Lipinski definition) is 3. The molecule has 0 spiro atoms. The summed E-state index contributed by atoms with van der Waals surface area (Å²) in [7, 11) is 0. The number of rotatable bonds is 2. The zero-order valence-electron chi connectivity index (χ0n) is 14.0. The highest BCUT2D eigenvalue weighted by molar-refractivity contribution is 5.77. The van der Waals surface area contributed by atoms with Gasteiger partial charge in [-0.1, -0.05) is 5.16 Å². The SMILES string of the molecule is Cc1noc2c1CCN(C(=O)CC13CC4CC(CC(C4)C1)C3)C2. The minimum absolute atomic E-state index is 0.337. The van der Waals surface area contributed by atoms with E-state index in [1.165, 1.54) is 44.1 Å². The lowest BCUT2D eigenvalue weighted by molar-refractivity contribution is -0.140. The Balaban J connectivity index is 1.31. The molecule has 4 bridgehead atoms. The van der Waals surface area contributed by atoms with Crippen molar-refractivity contribution in [3.05, 3.63) is 17.0 Å². The van der Waals surface area contributed by atoms with Crippen molar-refractivity contribution in [1.29, 1.82) is 0 Å². The van der Waals surface area contributed by atoms with Crippen LogP contribution in [0, 0.1) is 30.1 Å². The zero-order valence-corrected chi connectivity index (χ0v) is 14.0. The third-order valence-corrected chi connectivity index (χ3v) is 7.08. The van der Waals surface area contributed by atoms with Crippen LogP contribution in [0.5, 0.6) is 0 Å². The van der Waals surface area contributed by atoms with Crippen molar-refractivity contribution in [2.75, 3.05) is 6.54 Å².